The fraction of sp³-hybridized carbons (Fsp3) is 0.409. The smallest absolute Gasteiger partial charge is 0.238 e. The second-order valence-electron chi connectivity index (χ2n) is 7.51. The quantitative estimate of drug-likeness (QED) is 0.732. The zero-order valence-corrected chi connectivity index (χ0v) is 17.0. The molecule has 0 spiro atoms. The molecule has 7 heteroatoms. The number of carbonyl (C=O) groups excluding carboxylic acids is 2. The minimum absolute atomic E-state index is 0.0729. The van der Waals surface area contributed by atoms with E-state index in [-0.39, 0.29) is 18.2 Å². The Morgan fingerprint density at radius 2 is 2.00 bits per heavy atom. The monoisotopic (exact) mass is 411 g/mol. The summed E-state index contributed by atoms with van der Waals surface area (Å²) < 4.78 is 5.97. The fourth-order valence-electron chi connectivity index (χ4n) is 3.74. The number of aromatic nitrogens is 1. The van der Waals surface area contributed by atoms with Gasteiger partial charge in [-0.25, -0.2) is 4.98 Å². The summed E-state index contributed by atoms with van der Waals surface area (Å²) in [6.45, 7) is 0.645. The van der Waals surface area contributed by atoms with Gasteiger partial charge in [-0.15, -0.1) is 11.8 Å². The molecule has 1 unspecified atom stereocenters. The summed E-state index contributed by atoms with van der Waals surface area (Å²) in [6.07, 6.45) is 7.91. The van der Waals surface area contributed by atoms with Crippen molar-refractivity contribution in [2.24, 2.45) is 5.92 Å². The molecule has 6 nitrogen and oxygen atoms in total. The van der Waals surface area contributed by atoms with Crippen LogP contribution in [0.3, 0.4) is 0 Å². The van der Waals surface area contributed by atoms with E-state index in [9.17, 15) is 9.59 Å². The molecule has 4 rings (SSSR count). The Morgan fingerprint density at radius 1 is 1.17 bits per heavy atom. The van der Waals surface area contributed by atoms with Crippen molar-refractivity contribution in [3.8, 4) is 5.75 Å². The van der Waals surface area contributed by atoms with Gasteiger partial charge in [0.25, 0.3) is 0 Å². The van der Waals surface area contributed by atoms with Gasteiger partial charge in [-0.2, -0.15) is 0 Å². The van der Waals surface area contributed by atoms with Gasteiger partial charge in [0, 0.05) is 17.5 Å². The first kappa shape index (κ1) is 19.8. The number of rotatable bonds is 6. The van der Waals surface area contributed by atoms with Crippen molar-refractivity contribution in [3.05, 3.63) is 42.6 Å². The van der Waals surface area contributed by atoms with E-state index in [1.807, 2.05) is 30.3 Å². The molecule has 1 aliphatic carbocycles. The lowest BCUT2D eigenvalue weighted by Gasteiger charge is -2.24. The van der Waals surface area contributed by atoms with Gasteiger partial charge in [-0.3, -0.25) is 9.59 Å². The second-order valence-corrected chi connectivity index (χ2v) is 8.75. The van der Waals surface area contributed by atoms with Gasteiger partial charge in [0.15, 0.2) is 11.6 Å². The molecule has 2 N–H and O–H groups in total. The van der Waals surface area contributed by atoms with Crippen LogP contribution in [-0.4, -0.2) is 28.7 Å². The van der Waals surface area contributed by atoms with E-state index in [1.165, 1.54) is 43.9 Å². The number of ether oxygens (including phenoxy) is 1. The molecule has 152 valence electrons. The van der Waals surface area contributed by atoms with Crippen LogP contribution in [-0.2, 0) is 9.59 Å². The number of benzene rings is 1. The number of anilines is 2. The van der Waals surface area contributed by atoms with Crippen LogP contribution in [0, 0.1) is 5.92 Å². The van der Waals surface area contributed by atoms with Crippen molar-refractivity contribution in [2.45, 2.75) is 48.7 Å². The standard InChI is InChI=1S/C22H25N3O3S/c26-20(13-19-22(27)24-16-9-4-5-11-18(16)29-19)25-21-17(10-6-12-23-21)28-14-15-7-2-1-3-8-15/h4-6,9-12,15,19H,1-3,7-8,13-14H2,(H,24,27)(H,23,25,26). The molecule has 0 saturated heterocycles. The summed E-state index contributed by atoms with van der Waals surface area (Å²) in [5.74, 6) is 1.15. The fourth-order valence-corrected chi connectivity index (χ4v) is 4.85. The van der Waals surface area contributed by atoms with Gasteiger partial charge in [0.05, 0.1) is 17.5 Å². The van der Waals surface area contributed by atoms with Gasteiger partial charge < -0.3 is 15.4 Å². The number of para-hydroxylation sites is 1. The van der Waals surface area contributed by atoms with E-state index >= 15 is 0 Å². The number of pyridine rings is 1. The molecule has 29 heavy (non-hydrogen) atoms. The summed E-state index contributed by atoms with van der Waals surface area (Å²) in [4.78, 5) is 30.2. The van der Waals surface area contributed by atoms with Crippen LogP contribution in [0.5, 0.6) is 5.75 Å². The molecule has 1 aromatic heterocycles. The number of amides is 2. The first-order valence-electron chi connectivity index (χ1n) is 10.1. The molecule has 1 aromatic carbocycles. The third-order valence-corrected chi connectivity index (χ3v) is 6.58. The topological polar surface area (TPSA) is 80.3 Å². The summed E-state index contributed by atoms with van der Waals surface area (Å²) in [5, 5.41) is 5.22. The SMILES string of the molecule is O=C(CC1Sc2ccccc2NC1=O)Nc1ncccc1OCC1CCCCC1. The van der Waals surface area contributed by atoms with Crippen LogP contribution in [0.2, 0.25) is 0 Å². The number of hydrogen-bond acceptors (Lipinski definition) is 5. The van der Waals surface area contributed by atoms with Crippen molar-refractivity contribution in [3.63, 3.8) is 0 Å². The summed E-state index contributed by atoms with van der Waals surface area (Å²) in [5.41, 5.74) is 0.794. The lowest BCUT2D eigenvalue weighted by molar-refractivity contribution is -0.120. The number of fused-ring (bicyclic) bond motifs is 1. The van der Waals surface area contributed by atoms with Crippen molar-refractivity contribution in [1.82, 2.24) is 4.98 Å². The second kappa shape index (κ2) is 9.31. The first-order valence-corrected chi connectivity index (χ1v) is 11.0. The van der Waals surface area contributed by atoms with Crippen LogP contribution in [0.25, 0.3) is 0 Å². The Hall–Kier alpha value is -2.54. The Kier molecular flexibility index (Phi) is 6.34. The normalized spacial score (nSPS) is 19.2. The Balaban J connectivity index is 1.35. The van der Waals surface area contributed by atoms with Crippen molar-refractivity contribution < 1.29 is 14.3 Å². The summed E-state index contributed by atoms with van der Waals surface area (Å²) >= 11 is 1.41. The predicted molar refractivity (Wildman–Crippen MR) is 114 cm³/mol. The Morgan fingerprint density at radius 3 is 2.86 bits per heavy atom. The number of thioether (sulfide) groups is 1. The number of nitrogens with one attached hydrogen (secondary N) is 2. The van der Waals surface area contributed by atoms with E-state index in [2.05, 4.69) is 15.6 Å². The minimum Gasteiger partial charge on any atom is -0.489 e. The summed E-state index contributed by atoms with van der Waals surface area (Å²) in [7, 11) is 0. The minimum atomic E-state index is -0.472. The van der Waals surface area contributed by atoms with E-state index in [0.717, 1.165) is 10.6 Å². The summed E-state index contributed by atoms with van der Waals surface area (Å²) in [6, 6.07) is 11.2. The Labute approximate surface area is 174 Å². The van der Waals surface area contributed by atoms with Gasteiger partial charge in [0.2, 0.25) is 11.8 Å². The first-order chi connectivity index (χ1) is 14.2. The number of nitrogens with zero attached hydrogens (tertiary/aromatic N) is 1. The molecule has 1 saturated carbocycles. The molecule has 0 radical (unpaired) electrons. The van der Waals surface area contributed by atoms with Crippen LogP contribution < -0.4 is 15.4 Å². The van der Waals surface area contributed by atoms with Crippen LogP contribution in [0.1, 0.15) is 38.5 Å². The molecule has 1 fully saturated rings. The highest BCUT2D eigenvalue weighted by Crippen LogP contribution is 2.37. The molecule has 0 bridgehead atoms. The maximum absolute atomic E-state index is 12.6. The lowest BCUT2D eigenvalue weighted by Crippen LogP contribution is -2.32. The molecule has 2 heterocycles. The zero-order valence-electron chi connectivity index (χ0n) is 16.2. The highest BCUT2D eigenvalue weighted by atomic mass is 32.2. The van der Waals surface area contributed by atoms with E-state index < -0.39 is 5.25 Å². The number of hydrogen-bond donors (Lipinski definition) is 2. The zero-order chi connectivity index (χ0) is 20.1. The molecular formula is C22H25N3O3S. The Bertz CT molecular complexity index is 883. The average molecular weight is 412 g/mol. The van der Waals surface area contributed by atoms with Crippen molar-refractivity contribution >= 4 is 35.1 Å². The largest absolute Gasteiger partial charge is 0.489 e. The third-order valence-electron chi connectivity index (χ3n) is 5.31. The van der Waals surface area contributed by atoms with Crippen molar-refractivity contribution in [1.29, 1.82) is 0 Å². The van der Waals surface area contributed by atoms with Gasteiger partial charge in [-0.1, -0.05) is 31.4 Å². The average Bonchev–Trinajstić information content (AvgIpc) is 2.74. The van der Waals surface area contributed by atoms with Gasteiger partial charge in [0.1, 0.15) is 0 Å². The molecule has 1 atom stereocenters. The highest BCUT2D eigenvalue weighted by molar-refractivity contribution is 8.01. The lowest BCUT2D eigenvalue weighted by atomic mass is 9.90. The van der Waals surface area contributed by atoms with E-state index in [0.29, 0.717) is 24.1 Å². The van der Waals surface area contributed by atoms with E-state index in [1.54, 1.807) is 12.3 Å². The maximum atomic E-state index is 12.6. The van der Waals surface area contributed by atoms with Crippen molar-refractivity contribution in [2.75, 3.05) is 17.2 Å². The van der Waals surface area contributed by atoms with Gasteiger partial charge >= 0.3 is 0 Å². The maximum Gasteiger partial charge on any atom is 0.238 e. The van der Waals surface area contributed by atoms with Crippen LogP contribution in [0.4, 0.5) is 11.5 Å². The molecule has 1 aliphatic heterocycles. The molecule has 2 aromatic rings. The third kappa shape index (κ3) is 5.09. The molecular weight excluding hydrogens is 386 g/mol. The predicted octanol–water partition coefficient (Wildman–Crippen LogP) is 4.48. The molecule has 2 aliphatic rings. The van der Waals surface area contributed by atoms with E-state index in [4.69, 9.17) is 4.74 Å². The van der Waals surface area contributed by atoms with Gasteiger partial charge in [-0.05, 0) is 43.0 Å². The highest BCUT2D eigenvalue weighted by Gasteiger charge is 2.29. The van der Waals surface area contributed by atoms with Crippen LogP contribution in [0.15, 0.2) is 47.5 Å². The number of carbonyl (C=O) groups is 2. The van der Waals surface area contributed by atoms with Crippen LogP contribution >= 0.6 is 11.8 Å². The molecule has 2 amide bonds.